The van der Waals surface area contributed by atoms with E-state index < -0.39 is 0 Å². The number of rotatable bonds is 5. The highest BCUT2D eigenvalue weighted by Gasteiger charge is 2.21. The van der Waals surface area contributed by atoms with Gasteiger partial charge in [-0.3, -0.25) is 0 Å². The van der Waals surface area contributed by atoms with Gasteiger partial charge in [-0.15, -0.1) is 0 Å². The average molecular weight is 246 g/mol. The summed E-state index contributed by atoms with van der Waals surface area (Å²) in [5.74, 6) is 0.590. The maximum absolute atomic E-state index is 6.36. The number of hydrogen-bond acceptors (Lipinski definition) is 1. The zero-order valence-electron chi connectivity index (χ0n) is 11.8. The van der Waals surface area contributed by atoms with Gasteiger partial charge in [-0.05, 0) is 30.7 Å². The van der Waals surface area contributed by atoms with Crippen LogP contribution < -0.4 is 0 Å². The van der Waals surface area contributed by atoms with Crippen LogP contribution in [0.1, 0.15) is 51.5 Å². The Bertz CT molecular complexity index is 325. The molecule has 0 amide bonds. The van der Waals surface area contributed by atoms with Crippen LogP contribution in [0.2, 0.25) is 0 Å². The molecule has 0 radical (unpaired) electrons. The highest BCUT2D eigenvalue weighted by Crippen LogP contribution is 2.24. The van der Waals surface area contributed by atoms with E-state index in [1.807, 2.05) is 0 Å². The van der Waals surface area contributed by atoms with Gasteiger partial charge in [0.15, 0.2) is 0 Å². The Kier molecular flexibility index (Phi) is 5.25. The lowest BCUT2D eigenvalue weighted by molar-refractivity contribution is -0.0501. The van der Waals surface area contributed by atoms with Crippen LogP contribution >= 0.6 is 0 Å². The molecule has 0 heterocycles. The van der Waals surface area contributed by atoms with Crippen molar-refractivity contribution in [2.45, 2.75) is 64.6 Å². The third kappa shape index (κ3) is 4.13. The molecule has 0 saturated heterocycles. The minimum absolute atomic E-state index is 0.371. The monoisotopic (exact) mass is 246 g/mol. The molecule has 1 saturated carbocycles. The molecule has 1 aliphatic rings. The maximum atomic E-state index is 6.36. The van der Waals surface area contributed by atoms with Crippen molar-refractivity contribution in [1.82, 2.24) is 0 Å². The van der Waals surface area contributed by atoms with Gasteiger partial charge >= 0.3 is 0 Å². The summed E-state index contributed by atoms with van der Waals surface area (Å²) in [4.78, 5) is 0. The first-order chi connectivity index (χ1) is 8.75. The fourth-order valence-electron chi connectivity index (χ4n) is 2.74. The van der Waals surface area contributed by atoms with Crippen LogP contribution in [0.3, 0.4) is 0 Å². The van der Waals surface area contributed by atoms with Gasteiger partial charge in [-0.25, -0.2) is 0 Å². The second-order valence-corrected chi connectivity index (χ2v) is 5.87. The van der Waals surface area contributed by atoms with Crippen LogP contribution in [0.15, 0.2) is 30.3 Å². The Balaban J connectivity index is 1.91. The predicted octanol–water partition coefficient (Wildman–Crippen LogP) is 4.60. The molecule has 1 atom stereocenters. The van der Waals surface area contributed by atoms with E-state index in [2.05, 4.69) is 44.2 Å². The van der Waals surface area contributed by atoms with Gasteiger partial charge < -0.3 is 4.74 Å². The third-order valence-corrected chi connectivity index (χ3v) is 3.94. The lowest BCUT2D eigenvalue weighted by Crippen LogP contribution is -2.29. The number of benzene rings is 1. The fourth-order valence-corrected chi connectivity index (χ4v) is 2.74. The molecule has 0 N–H and O–H groups in total. The van der Waals surface area contributed by atoms with E-state index in [1.165, 1.54) is 37.7 Å². The number of ether oxygens (including phenoxy) is 1. The van der Waals surface area contributed by atoms with E-state index in [0.717, 1.165) is 6.42 Å². The molecule has 1 aromatic carbocycles. The summed E-state index contributed by atoms with van der Waals surface area (Å²) in [5.41, 5.74) is 1.40. The van der Waals surface area contributed by atoms with E-state index in [4.69, 9.17) is 4.74 Å². The van der Waals surface area contributed by atoms with Gasteiger partial charge in [0.25, 0.3) is 0 Å². The van der Waals surface area contributed by atoms with Crippen molar-refractivity contribution < 1.29 is 4.74 Å². The predicted molar refractivity (Wildman–Crippen MR) is 76.7 cm³/mol. The van der Waals surface area contributed by atoms with Crippen molar-refractivity contribution in [3.05, 3.63) is 35.9 Å². The van der Waals surface area contributed by atoms with Crippen molar-refractivity contribution in [2.75, 3.05) is 0 Å². The Morgan fingerprint density at radius 3 is 2.33 bits per heavy atom. The lowest BCUT2D eigenvalue weighted by Gasteiger charge is -2.30. The quantitative estimate of drug-likeness (QED) is 0.737. The van der Waals surface area contributed by atoms with Gasteiger partial charge in [0, 0.05) is 0 Å². The average Bonchev–Trinajstić information content (AvgIpc) is 2.40. The molecule has 0 unspecified atom stereocenters. The molecule has 1 fully saturated rings. The first-order valence-electron chi connectivity index (χ1n) is 7.45. The topological polar surface area (TPSA) is 9.23 Å². The summed E-state index contributed by atoms with van der Waals surface area (Å²) in [7, 11) is 0. The lowest BCUT2D eigenvalue weighted by atomic mass is 9.95. The first kappa shape index (κ1) is 13.6. The largest absolute Gasteiger partial charge is 0.374 e. The molecule has 1 aliphatic carbocycles. The molecular weight excluding hydrogens is 220 g/mol. The van der Waals surface area contributed by atoms with Crippen molar-refractivity contribution >= 4 is 0 Å². The molecule has 0 aliphatic heterocycles. The molecule has 0 bridgehead atoms. The first-order valence-corrected chi connectivity index (χ1v) is 7.45. The normalized spacial score (nSPS) is 19.1. The Hall–Kier alpha value is -0.820. The molecule has 0 spiro atoms. The van der Waals surface area contributed by atoms with Gasteiger partial charge in [-0.2, -0.15) is 0 Å². The highest BCUT2D eigenvalue weighted by atomic mass is 16.5. The molecule has 1 heteroatoms. The summed E-state index contributed by atoms with van der Waals surface area (Å²) in [6.07, 6.45) is 8.54. The maximum Gasteiger partial charge on any atom is 0.0642 e. The van der Waals surface area contributed by atoms with Crippen molar-refractivity contribution in [2.24, 2.45) is 5.92 Å². The van der Waals surface area contributed by atoms with E-state index >= 15 is 0 Å². The molecule has 100 valence electrons. The van der Waals surface area contributed by atoms with Crippen LogP contribution in [-0.2, 0) is 11.2 Å². The van der Waals surface area contributed by atoms with Crippen LogP contribution in [-0.4, -0.2) is 12.2 Å². The summed E-state index contributed by atoms with van der Waals surface area (Å²) >= 11 is 0. The molecular formula is C17H26O. The Morgan fingerprint density at radius 2 is 1.72 bits per heavy atom. The standard InChI is InChI=1S/C17H26O/c1-14(2)17(13-15-9-5-3-6-10-15)18-16-11-7-4-8-12-16/h3,5-6,9-10,14,16-17H,4,7-8,11-13H2,1-2H3/t17-/m0/s1. The minimum atomic E-state index is 0.371. The Morgan fingerprint density at radius 1 is 1.06 bits per heavy atom. The van der Waals surface area contributed by atoms with Gasteiger partial charge in [0.2, 0.25) is 0 Å². The minimum Gasteiger partial charge on any atom is -0.374 e. The molecule has 1 nitrogen and oxygen atoms in total. The van der Waals surface area contributed by atoms with Gasteiger partial charge in [0.1, 0.15) is 0 Å². The summed E-state index contributed by atoms with van der Waals surface area (Å²) in [5, 5.41) is 0. The van der Waals surface area contributed by atoms with Crippen LogP contribution in [0.5, 0.6) is 0 Å². The fraction of sp³-hybridized carbons (Fsp3) is 0.647. The van der Waals surface area contributed by atoms with Gasteiger partial charge in [-0.1, -0.05) is 63.4 Å². The third-order valence-electron chi connectivity index (χ3n) is 3.94. The highest BCUT2D eigenvalue weighted by molar-refractivity contribution is 5.15. The van der Waals surface area contributed by atoms with Crippen molar-refractivity contribution in [3.8, 4) is 0 Å². The molecule has 18 heavy (non-hydrogen) atoms. The van der Waals surface area contributed by atoms with Crippen molar-refractivity contribution in [3.63, 3.8) is 0 Å². The van der Waals surface area contributed by atoms with Crippen LogP contribution in [0, 0.1) is 5.92 Å². The van der Waals surface area contributed by atoms with Crippen molar-refractivity contribution in [1.29, 1.82) is 0 Å². The summed E-state index contributed by atoms with van der Waals surface area (Å²) in [6.45, 7) is 4.55. The summed E-state index contributed by atoms with van der Waals surface area (Å²) < 4.78 is 6.36. The van der Waals surface area contributed by atoms with E-state index in [0.29, 0.717) is 18.1 Å². The van der Waals surface area contributed by atoms with E-state index in [9.17, 15) is 0 Å². The van der Waals surface area contributed by atoms with Crippen LogP contribution in [0.25, 0.3) is 0 Å². The van der Waals surface area contributed by atoms with E-state index in [-0.39, 0.29) is 0 Å². The molecule has 2 rings (SSSR count). The SMILES string of the molecule is CC(C)[C@H](Cc1ccccc1)OC1CCCCC1. The van der Waals surface area contributed by atoms with Crippen LogP contribution in [0.4, 0.5) is 0 Å². The Labute approximate surface area is 112 Å². The van der Waals surface area contributed by atoms with Gasteiger partial charge in [0.05, 0.1) is 12.2 Å². The number of hydrogen-bond donors (Lipinski definition) is 0. The smallest absolute Gasteiger partial charge is 0.0642 e. The summed E-state index contributed by atoms with van der Waals surface area (Å²) in [6, 6.07) is 10.7. The van der Waals surface area contributed by atoms with E-state index in [1.54, 1.807) is 0 Å². The second-order valence-electron chi connectivity index (χ2n) is 5.87. The molecule has 0 aromatic heterocycles. The zero-order valence-corrected chi connectivity index (χ0v) is 11.8. The zero-order chi connectivity index (χ0) is 12.8. The molecule has 1 aromatic rings. The second kappa shape index (κ2) is 6.94.